The number of fused-ring (bicyclic) bond motifs is 1. The topological polar surface area (TPSA) is 76.7 Å². The van der Waals surface area contributed by atoms with Gasteiger partial charge in [0.05, 0.1) is 20.3 Å². The second-order valence-electron chi connectivity index (χ2n) is 7.74. The number of thiophene rings is 1. The highest BCUT2D eigenvalue weighted by Gasteiger charge is 2.24. The highest BCUT2D eigenvalue weighted by molar-refractivity contribution is 7.10. The molecular weight excluding hydrogens is 436 g/mol. The van der Waals surface area contributed by atoms with Gasteiger partial charge in [-0.25, -0.2) is 0 Å². The smallest absolute Gasteiger partial charge is 0.268 e. The third-order valence-electron chi connectivity index (χ3n) is 5.64. The number of aryl methyl sites for hydroxylation is 1. The number of hydrogen-bond acceptors (Lipinski definition) is 5. The van der Waals surface area contributed by atoms with Crippen LogP contribution in [-0.4, -0.2) is 26.0 Å². The number of carbonyl (C=O) groups is 2. The van der Waals surface area contributed by atoms with Crippen molar-refractivity contribution >= 4 is 29.2 Å². The van der Waals surface area contributed by atoms with Gasteiger partial charge in [0.15, 0.2) is 0 Å². The molecule has 0 aliphatic heterocycles. The Morgan fingerprint density at radius 2 is 1.79 bits per heavy atom. The molecule has 0 spiro atoms. The molecule has 0 radical (unpaired) electrons. The Balaban J connectivity index is 1.55. The number of ether oxygens (including phenoxy) is 2. The van der Waals surface area contributed by atoms with Crippen LogP contribution in [0.4, 0.5) is 0 Å². The van der Waals surface area contributed by atoms with E-state index < -0.39 is 0 Å². The van der Waals surface area contributed by atoms with Gasteiger partial charge in [0.1, 0.15) is 17.2 Å². The molecule has 0 saturated heterocycles. The minimum absolute atomic E-state index is 0.128. The van der Waals surface area contributed by atoms with E-state index >= 15 is 0 Å². The molecule has 2 N–H and O–H groups in total. The Hall–Kier alpha value is -3.58. The first-order valence-electron chi connectivity index (χ1n) is 10.8. The van der Waals surface area contributed by atoms with Crippen molar-refractivity contribution in [3.8, 4) is 11.5 Å². The number of hydrogen-bond donors (Lipinski definition) is 2. The number of benzene rings is 2. The van der Waals surface area contributed by atoms with E-state index in [1.54, 1.807) is 44.6 Å². The van der Waals surface area contributed by atoms with Crippen LogP contribution in [0.2, 0.25) is 0 Å². The fourth-order valence-electron chi connectivity index (χ4n) is 3.91. The van der Waals surface area contributed by atoms with Gasteiger partial charge in [-0.05, 0) is 84.3 Å². The first kappa shape index (κ1) is 22.6. The molecule has 1 heterocycles. The molecule has 33 heavy (non-hydrogen) atoms. The fourth-order valence-corrected chi connectivity index (χ4v) is 4.57. The molecule has 1 aliphatic carbocycles. The van der Waals surface area contributed by atoms with Gasteiger partial charge in [0, 0.05) is 10.4 Å². The molecule has 2 aromatic carbocycles. The zero-order valence-electron chi connectivity index (χ0n) is 18.6. The van der Waals surface area contributed by atoms with Gasteiger partial charge in [-0.2, -0.15) is 0 Å². The van der Waals surface area contributed by atoms with Crippen LogP contribution in [0, 0.1) is 0 Å². The third kappa shape index (κ3) is 5.43. The molecule has 1 unspecified atom stereocenters. The Morgan fingerprint density at radius 1 is 1.03 bits per heavy atom. The van der Waals surface area contributed by atoms with Crippen molar-refractivity contribution < 1.29 is 19.1 Å². The Kier molecular flexibility index (Phi) is 7.10. The van der Waals surface area contributed by atoms with E-state index in [4.69, 9.17) is 9.47 Å². The quantitative estimate of drug-likeness (QED) is 0.498. The van der Waals surface area contributed by atoms with E-state index in [-0.39, 0.29) is 23.6 Å². The van der Waals surface area contributed by atoms with E-state index in [1.165, 1.54) is 16.9 Å². The molecule has 4 rings (SSSR count). The number of rotatable bonds is 7. The molecule has 0 bridgehead atoms. The maximum Gasteiger partial charge on any atom is 0.268 e. The molecule has 170 valence electrons. The molecule has 2 amide bonds. The van der Waals surface area contributed by atoms with Gasteiger partial charge < -0.3 is 20.1 Å². The largest absolute Gasteiger partial charge is 0.497 e. The minimum atomic E-state index is -0.357. The van der Waals surface area contributed by atoms with Crippen LogP contribution in [0.1, 0.15) is 45.2 Å². The SMILES string of the molecule is COc1ccc(C(=O)N/C(=C\c2cccs2)C(=O)NC2CCCc3cc(OC)ccc32)cc1. The lowest BCUT2D eigenvalue weighted by Gasteiger charge is -2.27. The molecule has 0 saturated carbocycles. The van der Waals surface area contributed by atoms with Crippen molar-refractivity contribution in [1.29, 1.82) is 0 Å². The van der Waals surface area contributed by atoms with Crippen molar-refractivity contribution in [3.63, 3.8) is 0 Å². The summed E-state index contributed by atoms with van der Waals surface area (Å²) in [7, 11) is 3.22. The lowest BCUT2D eigenvalue weighted by atomic mass is 9.87. The van der Waals surface area contributed by atoms with E-state index in [0.29, 0.717) is 11.3 Å². The van der Waals surface area contributed by atoms with Gasteiger partial charge in [-0.1, -0.05) is 12.1 Å². The number of amides is 2. The summed E-state index contributed by atoms with van der Waals surface area (Å²) >= 11 is 1.50. The van der Waals surface area contributed by atoms with Crippen molar-refractivity contribution in [2.75, 3.05) is 14.2 Å². The molecular formula is C26H26N2O4S. The minimum Gasteiger partial charge on any atom is -0.497 e. The maximum absolute atomic E-state index is 13.3. The predicted molar refractivity (Wildman–Crippen MR) is 130 cm³/mol. The zero-order chi connectivity index (χ0) is 23.2. The summed E-state index contributed by atoms with van der Waals surface area (Å²) in [6.45, 7) is 0. The van der Waals surface area contributed by atoms with E-state index in [0.717, 1.165) is 35.5 Å². The average Bonchev–Trinajstić information content (AvgIpc) is 3.36. The van der Waals surface area contributed by atoms with Gasteiger partial charge in [-0.15, -0.1) is 11.3 Å². The lowest BCUT2D eigenvalue weighted by molar-refractivity contribution is -0.118. The van der Waals surface area contributed by atoms with Gasteiger partial charge in [-0.3, -0.25) is 9.59 Å². The normalized spacial score (nSPS) is 15.3. The standard InChI is InChI=1S/C26H26N2O4S/c1-31-19-10-8-17(9-11-19)25(29)28-24(16-21-6-4-14-33-21)26(30)27-23-7-3-5-18-15-20(32-2)12-13-22(18)23/h4,6,8-16,23H,3,5,7H2,1-2H3,(H,27,30)(H,28,29)/b24-16-. The summed E-state index contributed by atoms with van der Waals surface area (Å²) in [6, 6.07) is 16.4. The van der Waals surface area contributed by atoms with Crippen LogP contribution >= 0.6 is 11.3 Å². The summed E-state index contributed by atoms with van der Waals surface area (Å²) in [5.74, 6) is 0.792. The van der Waals surface area contributed by atoms with Crippen molar-refractivity contribution in [3.05, 3.63) is 87.2 Å². The average molecular weight is 463 g/mol. The molecule has 3 aromatic rings. The molecule has 6 nitrogen and oxygen atoms in total. The summed E-state index contributed by atoms with van der Waals surface area (Å²) in [5.41, 5.74) is 2.92. The second-order valence-corrected chi connectivity index (χ2v) is 8.72. The van der Waals surface area contributed by atoms with Crippen LogP contribution < -0.4 is 20.1 Å². The van der Waals surface area contributed by atoms with Gasteiger partial charge in [0.2, 0.25) is 0 Å². The summed E-state index contributed by atoms with van der Waals surface area (Å²) in [4.78, 5) is 27.0. The molecule has 1 atom stereocenters. The van der Waals surface area contributed by atoms with E-state index in [2.05, 4.69) is 10.6 Å². The van der Waals surface area contributed by atoms with Crippen LogP contribution in [0.15, 0.2) is 65.7 Å². The van der Waals surface area contributed by atoms with Crippen molar-refractivity contribution in [2.24, 2.45) is 0 Å². The summed E-state index contributed by atoms with van der Waals surface area (Å²) in [5, 5.41) is 7.85. The monoisotopic (exact) mass is 462 g/mol. The highest BCUT2D eigenvalue weighted by Crippen LogP contribution is 2.32. The Bertz CT molecular complexity index is 1150. The van der Waals surface area contributed by atoms with Crippen LogP contribution in [-0.2, 0) is 11.2 Å². The fraction of sp³-hybridized carbons (Fsp3) is 0.231. The molecule has 7 heteroatoms. The third-order valence-corrected chi connectivity index (χ3v) is 6.46. The summed E-state index contributed by atoms with van der Waals surface area (Å²) < 4.78 is 10.5. The number of methoxy groups -OCH3 is 2. The molecule has 0 fully saturated rings. The van der Waals surface area contributed by atoms with Crippen LogP contribution in [0.3, 0.4) is 0 Å². The first-order chi connectivity index (χ1) is 16.1. The van der Waals surface area contributed by atoms with Gasteiger partial charge in [0.25, 0.3) is 11.8 Å². The molecule has 1 aromatic heterocycles. The highest BCUT2D eigenvalue weighted by atomic mass is 32.1. The number of carbonyl (C=O) groups excluding carboxylic acids is 2. The lowest BCUT2D eigenvalue weighted by Crippen LogP contribution is -2.37. The number of nitrogens with one attached hydrogen (secondary N) is 2. The Morgan fingerprint density at radius 3 is 2.48 bits per heavy atom. The zero-order valence-corrected chi connectivity index (χ0v) is 19.4. The van der Waals surface area contributed by atoms with Crippen LogP contribution in [0.25, 0.3) is 6.08 Å². The van der Waals surface area contributed by atoms with Crippen LogP contribution in [0.5, 0.6) is 11.5 Å². The van der Waals surface area contributed by atoms with E-state index in [1.807, 2.05) is 35.7 Å². The maximum atomic E-state index is 13.3. The Labute approximate surface area is 197 Å². The predicted octanol–water partition coefficient (Wildman–Crippen LogP) is 4.73. The second kappa shape index (κ2) is 10.4. The van der Waals surface area contributed by atoms with Crippen molar-refractivity contribution in [1.82, 2.24) is 10.6 Å². The van der Waals surface area contributed by atoms with Crippen molar-refractivity contribution in [2.45, 2.75) is 25.3 Å². The first-order valence-corrected chi connectivity index (χ1v) is 11.6. The summed E-state index contributed by atoms with van der Waals surface area (Å²) in [6.07, 6.45) is 4.46. The van der Waals surface area contributed by atoms with Gasteiger partial charge >= 0.3 is 0 Å². The molecule has 1 aliphatic rings. The van der Waals surface area contributed by atoms with E-state index in [9.17, 15) is 9.59 Å².